The van der Waals surface area contributed by atoms with E-state index < -0.39 is 0 Å². The van der Waals surface area contributed by atoms with Crippen LogP contribution in [0.2, 0.25) is 0 Å². The SMILES string of the molecule is Cc1cccc(N2CCN(c3c(SCc4cscn4)[c]cc(-c4cccnc4SCc4c(C)noc4C)c3N3CCN(c4cccc(C)c4)CC3)CC2)c1. The van der Waals surface area contributed by atoms with Crippen LogP contribution in [0.5, 0.6) is 0 Å². The molecule has 5 heterocycles. The highest BCUT2D eigenvalue weighted by Crippen LogP contribution is 2.48. The largest absolute Gasteiger partial charge is 0.368 e. The number of pyridine rings is 1. The average Bonchev–Trinajstić information content (AvgIpc) is 3.85. The lowest BCUT2D eigenvalue weighted by Gasteiger charge is -2.43. The van der Waals surface area contributed by atoms with Gasteiger partial charge in [0.2, 0.25) is 0 Å². The number of benzene rings is 3. The van der Waals surface area contributed by atoms with Crippen LogP contribution in [0.4, 0.5) is 22.7 Å². The molecule has 6 aromatic rings. The normalized spacial score (nSPS) is 15.0. The van der Waals surface area contributed by atoms with Crippen LogP contribution in [0.3, 0.4) is 0 Å². The van der Waals surface area contributed by atoms with Gasteiger partial charge in [-0.25, -0.2) is 9.97 Å². The van der Waals surface area contributed by atoms with Crippen LogP contribution in [-0.2, 0) is 11.5 Å². The number of rotatable bonds is 11. The standard InChI is InChI=1S/C43H46N7OS3/c1-30-8-5-10-35(24-30)47-16-20-49(21-17-47)41-37(38-12-7-15-44-43(38)54-28-39-32(3)46-51-33(39)4)13-14-40(53-27-34-26-52-29-45-34)42(41)50-22-18-48(19-23-50)36-11-6-9-31(2)25-36/h5-13,15,24-26,29H,16-23,27-28H2,1-4H3. The molecule has 0 bridgehead atoms. The number of hydrogen-bond donors (Lipinski definition) is 0. The summed E-state index contributed by atoms with van der Waals surface area (Å²) in [5.41, 5.74) is 15.2. The van der Waals surface area contributed by atoms with Crippen LogP contribution < -0.4 is 19.6 Å². The molecule has 3 aromatic heterocycles. The molecule has 2 aliphatic rings. The van der Waals surface area contributed by atoms with Crippen molar-refractivity contribution >= 4 is 57.6 Å². The predicted octanol–water partition coefficient (Wildman–Crippen LogP) is 9.46. The monoisotopic (exact) mass is 772 g/mol. The fourth-order valence-corrected chi connectivity index (χ4v) is 10.3. The van der Waals surface area contributed by atoms with E-state index >= 15 is 0 Å². The van der Waals surface area contributed by atoms with Gasteiger partial charge < -0.3 is 24.1 Å². The number of aryl methyl sites for hydroxylation is 4. The van der Waals surface area contributed by atoms with Gasteiger partial charge in [0.15, 0.2) is 0 Å². The van der Waals surface area contributed by atoms with E-state index in [4.69, 9.17) is 9.51 Å². The van der Waals surface area contributed by atoms with Crippen molar-refractivity contribution in [2.24, 2.45) is 0 Å². The average molecular weight is 773 g/mol. The second-order valence-electron chi connectivity index (χ2n) is 14.1. The van der Waals surface area contributed by atoms with Crippen LogP contribution in [0.1, 0.15) is 33.8 Å². The first-order chi connectivity index (χ1) is 26.4. The molecular weight excluding hydrogens is 727 g/mol. The maximum Gasteiger partial charge on any atom is 0.137 e. The van der Waals surface area contributed by atoms with E-state index in [2.05, 4.69) is 122 Å². The Morgan fingerprint density at radius 2 is 1.35 bits per heavy atom. The van der Waals surface area contributed by atoms with Gasteiger partial charge in [-0.2, -0.15) is 0 Å². The highest BCUT2D eigenvalue weighted by molar-refractivity contribution is 7.98. The third-order valence-corrected chi connectivity index (χ3v) is 13.1. The van der Waals surface area contributed by atoms with Crippen molar-refractivity contribution in [3.8, 4) is 11.1 Å². The molecule has 1 radical (unpaired) electrons. The lowest BCUT2D eigenvalue weighted by atomic mass is 10.0. The van der Waals surface area contributed by atoms with Crippen LogP contribution in [-0.4, -0.2) is 67.5 Å². The van der Waals surface area contributed by atoms with Crippen molar-refractivity contribution in [1.29, 1.82) is 0 Å². The van der Waals surface area contributed by atoms with Gasteiger partial charge in [-0.15, -0.1) is 34.9 Å². The van der Waals surface area contributed by atoms with E-state index in [-0.39, 0.29) is 0 Å². The number of thiazole rings is 1. The summed E-state index contributed by atoms with van der Waals surface area (Å²) >= 11 is 5.26. The molecule has 8 nitrogen and oxygen atoms in total. The van der Waals surface area contributed by atoms with E-state index in [9.17, 15) is 0 Å². The maximum atomic E-state index is 5.52. The molecule has 2 saturated heterocycles. The topological polar surface area (TPSA) is 64.8 Å². The quantitative estimate of drug-likeness (QED) is 0.119. The minimum absolute atomic E-state index is 0.745. The van der Waals surface area contributed by atoms with Crippen molar-refractivity contribution in [2.75, 3.05) is 72.0 Å². The third kappa shape index (κ3) is 7.99. The zero-order valence-corrected chi connectivity index (χ0v) is 33.9. The van der Waals surface area contributed by atoms with Gasteiger partial charge >= 0.3 is 0 Å². The van der Waals surface area contributed by atoms with Crippen molar-refractivity contribution in [2.45, 2.75) is 49.1 Å². The maximum absolute atomic E-state index is 5.52. The molecule has 54 heavy (non-hydrogen) atoms. The molecule has 11 heteroatoms. The number of aromatic nitrogens is 3. The minimum atomic E-state index is 0.745. The van der Waals surface area contributed by atoms with Gasteiger partial charge in [-0.1, -0.05) is 35.5 Å². The first kappa shape index (κ1) is 36.5. The molecule has 0 atom stereocenters. The summed E-state index contributed by atoms with van der Waals surface area (Å²) in [5.74, 6) is 2.42. The number of piperazine rings is 2. The Labute approximate surface area is 331 Å². The molecule has 277 valence electrons. The summed E-state index contributed by atoms with van der Waals surface area (Å²) in [6, 6.07) is 28.2. The number of thioether (sulfide) groups is 2. The number of anilines is 4. The smallest absolute Gasteiger partial charge is 0.137 e. The van der Waals surface area contributed by atoms with E-state index in [1.807, 2.05) is 37.3 Å². The Morgan fingerprint density at radius 3 is 1.94 bits per heavy atom. The summed E-state index contributed by atoms with van der Waals surface area (Å²) < 4.78 is 5.52. The van der Waals surface area contributed by atoms with Gasteiger partial charge in [-0.3, -0.25) is 0 Å². The molecule has 0 N–H and O–H groups in total. The van der Waals surface area contributed by atoms with Crippen LogP contribution >= 0.6 is 34.9 Å². The van der Waals surface area contributed by atoms with E-state index in [0.29, 0.717) is 0 Å². The second-order valence-corrected chi connectivity index (χ2v) is 16.7. The first-order valence-corrected chi connectivity index (χ1v) is 21.5. The third-order valence-electron chi connectivity index (χ3n) is 10.4. The van der Waals surface area contributed by atoms with Crippen LogP contribution in [0, 0.1) is 33.8 Å². The molecular formula is C43H46N7OS3. The second kappa shape index (κ2) is 16.5. The van der Waals surface area contributed by atoms with Crippen molar-refractivity contribution in [1.82, 2.24) is 15.1 Å². The Morgan fingerprint density at radius 1 is 0.704 bits per heavy atom. The van der Waals surface area contributed by atoms with Gasteiger partial charge in [-0.05, 0) is 81.3 Å². The molecule has 0 aliphatic carbocycles. The Hall–Kier alpha value is -4.45. The molecule has 0 amide bonds. The molecule has 3 aromatic carbocycles. The van der Waals surface area contributed by atoms with Gasteiger partial charge in [0.05, 0.1) is 28.3 Å². The summed E-state index contributed by atoms with van der Waals surface area (Å²) in [6.07, 6.45) is 1.91. The lowest BCUT2D eigenvalue weighted by Crippen LogP contribution is -2.49. The van der Waals surface area contributed by atoms with Crippen LogP contribution in [0.25, 0.3) is 11.1 Å². The molecule has 8 rings (SSSR count). The summed E-state index contributed by atoms with van der Waals surface area (Å²) in [5, 5.41) is 7.38. The zero-order valence-electron chi connectivity index (χ0n) is 31.4. The van der Waals surface area contributed by atoms with Crippen molar-refractivity contribution in [3.05, 3.63) is 124 Å². The number of nitrogens with zero attached hydrogens (tertiary/aromatic N) is 7. The van der Waals surface area contributed by atoms with Gasteiger partial charge in [0.25, 0.3) is 0 Å². The lowest BCUT2D eigenvalue weighted by molar-refractivity contribution is 0.392. The zero-order chi connectivity index (χ0) is 37.0. The van der Waals surface area contributed by atoms with Gasteiger partial charge in [0.1, 0.15) is 10.8 Å². The molecule has 0 saturated carbocycles. The summed E-state index contributed by atoms with van der Waals surface area (Å²) in [4.78, 5) is 21.1. The Kier molecular flexibility index (Phi) is 11.2. The molecule has 2 fully saturated rings. The van der Waals surface area contributed by atoms with E-state index in [1.54, 1.807) is 23.1 Å². The van der Waals surface area contributed by atoms with Crippen molar-refractivity contribution < 1.29 is 4.52 Å². The molecule has 0 unspecified atom stereocenters. The molecule has 0 spiro atoms. The first-order valence-electron chi connectivity index (χ1n) is 18.6. The van der Waals surface area contributed by atoms with Crippen molar-refractivity contribution in [3.63, 3.8) is 0 Å². The van der Waals surface area contributed by atoms with E-state index in [0.717, 1.165) is 97.2 Å². The number of hydrogen-bond acceptors (Lipinski definition) is 11. The highest BCUT2D eigenvalue weighted by Gasteiger charge is 2.30. The van der Waals surface area contributed by atoms with E-state index in [1.165, 1.54) is 44.3 Å². The predicted molar refractivity (Wildman–Crippen MR) is 227 cm³/mol. The fraction of sp³-hybridized carbons (Fsp3) is 0.326. The minimum Gasteiger partial charge on any atom is -0.368 e. The Bertz CT molecular complexity index is 2170. The highest BCUT2D eigenvalue weighted by atomic mass is 32.2. The summed E-state index contributed by atoms with van der Waals surface area (Å²) in [7, 11) is 0. The Balaban J connectivity index is 1.19. The molecule has 2 aliphatic heterocycles. The van der Waals surface area contributed by atoms with Crippen LogP contribution in [0.15, 0.2) is 98.3 Å². The fourth-order valence-electron chi connectivity index (χ4n) is 7.48. The summed E-state index contributed by atoms with van der Waals surface area (Å²) in [6.45, 7) is 15.8. The van der Waals surface area contributed by atoms with Gasteiger partial charge in [0, 0.05) is 108 Å².